The van der Waals surface area contributed by atoms with Crippen molar-refractivity contribution in [2.45, 2.75) is 10.6 Å². The van der Waals surface area contributed by atoms with Gasteiger partial charge in [0.1, 0.15) is 0 Å². The summed E-state index contributed by atoms with van der Waals surface area (Å²) in [7, 11) is -0.328. The monoisotopic (exact) mass is 339 g/mol. The molecule has 0 aromatic heterocycles. The van der Waals surface area contributed by atoms with Crippen LogP contribution in [0.4, 0.5) is 5.69 Å². The van der Waals surface area contributed by atoms with Crippen molar-refractivity contribution in [2.75, 3.05) is 0 Å². The molecule has 0 amide bonds. The molecule has 18 heavy (non-hydrogen) atoms. The molecule has 0 saturated heterocycles. The fourth-order valence-corrected chi connectivity index (χ4v) is 4.58. The number of nitrogens with zero attached hydrogens (tertiary/aromatic N) is 1. The highest BCUT2D eigenvalue weighted by atomic mass is 79.9. The number of hydrogen-bond acceptors (Lipinski definition) is 1. The molecule has 4 heteroatoms. The van der Waals surface area contributed by atoms with Gasteiger partial charge in [0.15, 0.2) is 0 Å². The van der Waals surface area contributed by atoms with Crippen LogP contribution in [-0.2, 0) is 5.75 Å². The Morgan fingerprint density at radius 1 is 1.11 bits per heavy atom. The first-order valence-electron chi connectivity index (χ1n) is 5.57. The lowest BCUT2D eigenvalue weighted by Crippen LogP contribution is -1.87. The van der Waals surface area contributed by atoms with Gasteiger partial charge >= 0.3 is 0 Å². The molecule has 0 radical (unpaired) electrons. The summed E-state index contributed by atoms with van der Waals surface area (Å²) in [6.45, 7) is 0. The third-order valence-electron chi connectivity index (χ3n) is 2.85. The Labute approximate surface area is 122 Å². The number of halogens is 2. The van der Waals surface area contributed by atoms with Crippen molar-refractivity contribution in [3.8, 4) is 0 Å². The van der Waals surface area contributed by atoms with Crippen molar-refractivity contribution in [1.82, 2.24) is 0 Å². The molecule has 1 atom stereocenters. The van der Waals surface area contributed by atoms with Gasteiger partial charge in [-0.1, -0.05) is 39.7 Å². The predicted octanol–water partition coefficient (Wildman–Crippen LogP) is 5.34. The van der Waals surface area contributed by atoms with E-state index in [4.69, 9.17) is 11.6 Å². The van der Waals surface area contributed by atoms with E-state index in [9.17, 15) is 0 Å². The van der Waals surface area contributed by atoms with Gasteiger partial charge in [-0.3, -0.25) is 4.99 Å². The lowest BCUT2D eigenvalue weighted by molar-refractivity contribution is 1.35. The van der Waals surface area contributed by atoms with Crippen LogP contribution in [0.15, 0.2) is 56.8 Å². The zero-order valence-electron chi connectivity index (χ0n) is 9.48. The summed E-state index contributed by atoms with van der Waals surface area (Å²) in [6.07, 6.45) is 0. The Kier molecular flexibility index (Phi) is 3.46. The SMILES string of the molecule is Clc1ccc(C[SH]2C=Nc3ccc(Br)cc32)cc1. The first-order valence-corrected chi connectivity index (χ1v) is 8.34. The minimum absolute atomic E-state index is 0.328. The van der Waals surface area contributed by atoms with Crippen LogP contribution in [0.1, 0.15) is 5.56 Å². The van der Waals surface area contributed by atoms with E-state index in [2.05, 4.69) is 50.7 Å². The molecule has 2 aromatic rings. The number of thiol groups is 1. The van der Waals surface area contributed by atoms with Gasteiger partial charge in [-0.25, -0.2) is 0 Å². The van der Waals surface area contributed by atoms with Gasteiger partial charge in [-0.15, -0.1) is 0 Å². The smallest absolute Gasteiger partial charge is 0.0758 e. The molecule has 0 fully saturated rings. The molecule has 0 saturated carbocycles. The molecule has 2 aromatic carbocycles. The molecule has 1 aliphatic rings. The summed E-state index contributed by atoms with van der Waals surface area (Å²) < 4.78 is 1.12. The molecule has 0 bridgehead atoms. The molecular formula is C14H11BrClNS. The molecule has 1 aliphatic heterocycles. The van der Waals surface area contributed by atoms with Crippen molar-refractivity contribution in [2.24, 2.45) is 4.99 Å². The Balaban J connectivity index is 1.86. The predicted molar refractivity (Wildman–Crippen MR) is 84.7 cm³/mol. The molecular weight excluding hydrogens is 330 g/mol. The Hall–Kier alpha value is -0.770. The second-order valence-electron chi connectivity index (χ2n) is 4.13. The highest BCUT2D eigenvalue weighted by molar-refractivity contribution is 9.10. The van der Waals surface area contributed by atoms with Crippen LogP contribution in [0.3, 0.4) is 0 Å². The average Bonchev–Trinajstić information content (AvgIpc) is 2.75. The van der Waals surface area contributed by atoms with E-state index in [1.165, 1.54) is 10.5 Å². The topological polar surface area (TPSA) is 12.4 Å². The van der Waals surface area contributed by atoms with Crippen LogP contribution < -0.4 is 0 Å². The van der Waals surface area contributed by atoms with Gasteiger partial charge in [0.2, 0.25) is 0 Å². The van der Waals surface area contributed by atoms with Gasteiger partial charge in [0, 0.05) is 25.7 Å². The van der Waals surface area contributed by atoms with Crippen LogP contribution in [0, 0.1) is 0 Å². The molecule has 92 valence electrons. The van der Waals surface area contributed by atoms with Gasteiger partial charge in [-0.2, -0.15) is 10.9 Å². The maximum Gasteiger partial charge on any atom is 0.0758 e. The average molecular weight is 341 g/mol. The Bertz CT molecular complexity index is 610. The molecule has 3 rings (SSSR count). The molecule has 1 unspecified atom stereocenters. The van der Waals surface area contributed by atoms with Crippen LogP contribution in [-0.4, -0.2) is 5.55 Å². The second kappa shape index (κ2) is 5.08. The minimum atomic E-state index is -0.328. The fourth-order valence-electron chi connectivity index (χ4n) is 1.94. The van der Waals surface area contributed by atoms with E-state index < -0.39 is 0 Å². The summed E-state index contributed by atoms with van der Waals surface area (Å²) in [6, 6.07) is 14.4. The fraction of sp³-hybridized carbons (Fsp3) is 0.0714. The summed E-state index contributed by atoms with van der Waals surface area (Å²) in [4.78, 5) is 5.85. The van der Waals surface area contributed by atoms with E-state index in [0.717, 1.165) is 20.9 Å². The Morgan fingerprint density at radius 2 is 1.89 bits per heavy atom. The van der Waals surface area contributed by atoms with Crippen molar-refractivity contribution >= 4 is 49.7 Å². The number of fused-ring (bicyclic) bond motifs is 1. The van der Waals surface area contributed by atoms with Gasteiger partial charge < -0.3 is 0 Å². The quantitative estimate of drug-likeness (QED) is 0.709. The summed E-state index contributed by atoms with van der Waals surface area (Å²) in [5.74, 6) is 1.03. The first-order chi connectivity index (χ1) is 8.72. The summed E-state index contributed by atoms with van der Waals surface area (Å²) in [5.41, 5.74) is 4.52. The molecule has 0 N–H and O–H groups in total. The minimum Gasteiger partial charge on any atom is -0.250 e. The molecule has 0 aliphatic carbocycles. The molecule has 1 heterocycles. The Morgan fingerprint density at radius 3 is 2.67 bits per heavy atom. The molecule has 1 nitrogen and oxygen atoms in total. The highest BCUT2D eigenvalue weighted by Crippen LogP contribution is 2.48. The second-order valence-corrected chi connectivity index (χ2v) is 7.45. The van der Waals surface area contributed by atoms with E-state index in [0.29, 0.717) is 0 Å². The van der Waals surface area contributed by atoms with Gasteiger partial charge in [-0.05, 0) is 35.9 Å². The largest absolute Gasteiger partial charge is 0.250 e. The normalized spacial score (nSPS) is 18.9. The van der Waals surface area contributed by atoms with E-state index in [-0.39, 0.29) is 10.9 Å². The number of hydrogen-bond donors (Lipinski definition) is 1. The van der Waals surface area contributed by atoms with Crippen LogP contribution in [0.2, 0.25) is 5.02 Å². The van der Waals surface area contributed by atoms with Crippen molar-refractivity contribution < 1.29 is 0 Å². The van der Waals surface area contributed by atoms with Crippen LogP contribution in [0.5, 0.6) is 0 Å². The van der Waals surface area contributed by atoms with E-state index in [1.54, 1.807) is 0 Å². The van der Waals surface area contributed by atoms with E-state index >= 15 is 0 Å². The van der Waals surface area contributed by atoms with Gasteiger partial charge in [0.05, 0.1) is 5.69 Å². The summed E-state index contributed by atoms with van der Waals surface area (Å²) >= 11 is 9.43. The lowest BCUT2D eigenvalue weighted by atomic mass is 10.2. The maximum atomic E-state index is 5.90. The number of aliphatic imine (C=N–C) groups is 1. The standard InChI is InChI=1S/C14H11BrClNS/c15-11-3-6-13-14(7-11)18(9-17-13)8-10-1-4-12(16)5-2-10/h1-7,9,18H,8H2. The third kappa shape index (κ3) is 2.48. The van der Waals surface area contributed by atoms with Crippen molar-refractivity contribution in [3.63, 3.8) is 0 Å². The number of rotatable bonds is 2. The van der Waals surface area contributed by atoms with Crippen molar-refractivity contribution in [3.05, 3.63) is 57.5 Å². The van der Waals surface area contributed by atoms with Crippen molar-refractivity contribution in [1.29, 1.82) is 0 Å². The highest BCUT2D eigenvalue weighted by Gasteiger charge is 2.16. The van der Waals surface area contributed by atoms with Crippen LogP contribution >= 0.6 is 38.4 Å². The summed E-state index contributed by atoms with van der Waals surface area (Å²) in [5, 5.41) is 0.787. The van der Waals surface area contributed by atoms with E-state index in [1.807, 2.05) is 18.2 Å². The maximum absolute atomic E-state index is 5.90. The van der Waals surface area contributed by atoms with Gasteiger partial charge in [0.25, 0.3) is 0 Å². The first kappa shape index (κ1) is 12.3. The zero-order valence-corrected chi connectivity index (χ0v) is 12.7. The number of benzene rings is 2. The van der Waals surface area contributed by atoms with Crippen LogP contribution in [0.25, 0.3) is 0 Å². The zero-order chi connectivity index (χ0) is 12.5. The third-order valence-corrected chi connectivity index (χ3v) is 5.67. The lowest BCUT2D eigenvalue weighted by Gasteiger charge is -2.14. The molecule has 0 spiro atoms.